The van der Waals surface area contributed by atoms with E-state index in [2.05, 4.69) is 9.88 Å². The van der Waals surface area contributed by atoms with E-state index in [1.807, 2.05) is 24.3 Å². The van der Waals surface area contributed by atoms with Gasteiger partial charge in [-0.15, -0.1) is 0 Å². The van der Waals surface area contributed by atoms with Crippen molar-refractivity contribution >= 4 is 22.6 Å². The number of aromatic nitrogens is 1. The van der Waals surface area contributed by atoms with Crippen LogP contribution in [-0.2, 0) is 4.79 Å². The fourth-order valence-electron chi connectivity index (χ4n) is 2.96. The maximum absolute atomic E-state index is 11.2. The number of ether oxygens (including phenoxy) is 1. The number of nitrogens with zero attached hydrogens (tertiary/aromatic N) is 2. The lowest BCUT2D eigenvalue weighted by Gasteiger charge is -2.32. The van der Waals surface area contributed by atoms with E-state index < -0.39 is 5.97 Å². The quantitative estimate of drug-likeness (QED) is 0.939. The molecule has 3 rings (SSSR count). The van der Waals surface area contributed by atoms with Gasteiger partial charge in [-0.3, -0.25) is 4.79 Å². The lowest BCUT2D eigenvalue weighted by Crippen LogP contribution is -2.39. The number of carboxylic acids is 1. The number of carboxylic acid groups (broad SMARTS) is 1. The molecule has 1 aromatic heterocycles. The normalized spacial score (nSPS) is 18.7. The molecule has 5 heteroatoms. The van der Waals surface area contributed by atoms with E-state index in [1.165, 1.54) is 0 Å². The second-order valence-corrected chi connectivity index (χ2v) is 5.31. The van der Waals surface area contributed by atoms with Crippen LogP contribution in [0.25, 0.3) is 10.8 Å². The lowest BCUT2D eigenvalue weighted by molar-refractivity contribution is -0.141. The molecule has 1 atom stereocenters. The van der Waals surface area contributed by atoms with Gasteiger partial charge in [0, 0.05) is 30.1 Å². The Kier molecular flexibility index (Phi) is 3.64. The summed E-state index contributed by atoms with van der Waals surface area (Å²) in [6, 6.07) is 7.79. The Bertz CT molecular complexity index is 672. The summed E-state index contributed by atoms with van der Waals surface area (Å²) in [5, 5.41) is 11.2. The van der Waals surface area contributed by atoms with Crippen LogP contribution in [0.3, 0.4) is 0 Å². The Labute approximate surface area is 123 Å². The second kappa shape index (κ2) is 5.60. The zero-order valence-corrected chi connectivity index (χ0v) is 12.0. The highest BCUT2D eigenvalue weighted by atomic mass is 16.5. The predicted octanol–water partition coefficient (Wildman–Crippen LogP) is 2.54. The molecule has 0 bridgehead atoms. The fraction of sp³-hybridized carbons (Fsp3) is 0.375. The maximum Gasteiger partial charge on any atom is 0.308 e. The molecule has 21 heavy (non-hydrogen) atoms. The first-order valence-electron chi connectivity index (χ1n) is 7.10. The summed E-state index contributed by atoms with van der Waals surface area (Å²) < 4.78 is 5.39. The molecule has 5 nitrogen and oxygen atoms in total. The van der Waals surface area contributed by atoms with Crippen molar-refractivity contribution < 1.29 is 14.6 Å². The van der Waals surface area contributed by atoms with Gasteiger partial charge in [-0.1, -0.05) is 12.1 Å². The molecule has 0 spiro atoms. The first kappa shape index (κ1) is 13.7. The molecule has 110 valence electrons. The van der Waals surface area contributed by atoms with Crippen LogP contribution in [0, 0.1) is 5.92 Å². The zero-order chi connectivity index (χ0) is 14.8. The van der Waals surface area contributed by atoms with Crippen LogP contribution < -0.4 is 9.64 Å². The fourth-order valence-corrected chi connectivity index (χ4v) is 2.96. The van der Waals surface area contributed by atoms with Crippen molar-refractivity contribution in [2.45, 2.75) is 12.8 Å². The van der Waals surface area contributed by atoms with Crippen LogP contribution in [0.2, 0.25) is 0 Å². The van der Waals surface area contributed by atoms with Crippen molar-refractivity contribution in [1.29, 1.82) is 0 Å². The highest BCUT2D eigenvalue weighted by Crippen LogP contribution is 2.32. The second-order valence-electron chi connectivity index (χ2n) is 5.31. The maximum atomic E-state index is 11.2. The van der Waals surface area contributed by atoms with Crippen LogP contribution >= 0.6 is 0 Å². The van der Waals surface area contributed by atoms with Gasteiger partial charge in [0.25, 0.3) is 0 Å². The highest BCUT2D eigenvalue weighted by molar-refractivity contribution is 5.96. The van der Waals surface area contributed by atoms with E-state index in [0.717, 1.165) is 41.7 Å². The molecule has 2 aromatic rings. The van der Waals surface area contributed by atoms with Gasteiger partial charge in [0.15, 0.2) is 0 Å². The number of rotatable bonds is 3. The molecular formula is C16H18N2O3. The number of hydrogen-bond acceptors (Lipinski definition) is 4. The van der Waals surface area contributed by atoms with Gasteiger partial charge >= 0.3 is 5.97 Å². The number of pyridine rings is 1. The SMILES string of the molecule is COc1cccc2c(N3CCCC(C(=O)O)C3)nccc12. The summed E-state index contributed by atoms with van der Waals surface area (Å²) >= 11 is 0. The van der Waals surface area contributed by atoms with Gasteiger partial charge in [0.1, 0.15) is 11.6 Å². The highest BCUT2D eigenvalue weighted by Gasteiger charge is 2.27. The first-order valence-corrected chi connectivity index (χ1v) is 7.10. The Morgan fingerprint density at radius 3 is 3.00 bits per heavy atom. The van der Waals surface area contributed by atoms with Gasteiger partial charge in [-0.05, 0) is 25.0 Å². The number of hydrogen-bond donors (Lipinski definition) is 1. The molecule has 1 aliphatic rings. The Balaban J connectivity index is 2.02. The van der Waals surface area contributed by atoms with Crippen LogP contribution in [0.15, 0.2) is 30.5 Å². The summed E-state index contributed by atoms with van der Waals surface area (Å²) in [5.41, 5.74) is 0. The predicted molar refractivity (Wildman–Crippen MR) is 80.9 cm³/mol. The average Bonchev–Trinajstić information content (AvgIpc) is 2.53. The van der Waals surface area contributed by atoms with E-state index in [-0.39, 0.29) is 5.92 Å². The molecule has 0 amide bonds. The Morgan fingerprint density at radius 1 is 1.38 bits per heavy atom. The van der Waals surface area contributed by atoms with Crippen molar-refractivity contribution in [2.24, 2.45) is 5.92 Å². The Morgan fingerprint density at radius 2 is 2.24 bits per heavy atom. The number of fused-ring (bicyclic) bond motifs is 1. The molecule has 0 aliphatic carbocycles. The first-order chi connectivity index (χ1) is 10.2. The summed E-state index contributed by atoms with van der Waals surface area (Å²) in [6.45, 7) is 1.35. The smallest absolute Gasteiger partial charge is 0.308 e. The van der Waals surface area contributed by atoms with Gasteiger partial charge < -0.3 is 14.7 Å². The van der Waals surface area contributed by atoms with Gasteiger partial charge in [0.2, 0.25) is 0 Å². The number of carbonyl (C=O) groups is 1. The summed E-state index contributed by atoms with van der Waals surface area (Å²) in [4.78, 5) is 17.8. The zero-order valence-electron chi connectivity index (χ0n) is 12.0. The molecule has 1 saturated heterocycles. The molecule has 0 saturated carbocycles. The summed E-state index contributed by atoms with van der Waals surface area (Å²) in [7, 11) is 1.65. The molecule has 1 aromatic carbocycles. The van der Waals surface area contributed by atoms with E-state index in [4.69, 9.17) is 4.74 Å². The summed E-state index contributed by atoms with van der Waals surface area (Å²) in [5.74, 6) is 0.610. The third kappa shape index (κ3) is 2.51. The minimum absolute atomic E-state index is 0.318. The average molecular weight is 286 g/mol. The third-order valence-electron chi connectivity index (χ3n) is 4.04. The number of piperidine rings is 1. The van der Waals surface area contributed by atoms with Crippen molar-refractivity contribution in [3.8, 4) is 5.75 Å². The van der Waals surface area contributed by atoms with Gasteiger partial charge in [0.05, 0.1) is 13.0 Å². The Hall–Kier alpha value is -2.30. The number of anilines is 1. The minimum atomic E-state index is -0.725. The largest absolute Gasteiger partial charge is 0.496 e. The van der Waals surface area contributed by atoms with Crippen LogP contribution in [0.5, 0.6) is 5.75 Å². The van der Waals surface area contributed by atoms with E-state index in [0.29, 0.717) is 6.54 Å². The molecule has 1 aliphatic heterocycles. The summed E-state index contributed by atoms with van der Waals surface area (Å²) in [6.07, 6.45) is 3.36. The lowest BCUT2D eigenvalue weighted by atomic mass is 9.98. The third-order valence-corrected chi connectivity index (χ3v) is 4.04. The van der Waals surface area contributed by atoms with Crippen LogP contribution in [0.1, 0.15) is 12.8 Å². The van der Waals surface area contributed by atoms with Gasteiger partial charge in [-0.2, -0.15) is 0 Å². The topological polar surface area (TPSA) is 62.7 Å². The van der Waals surface area contributed by atoms with Crippen LogP contribution in [-0.4, -0.2) is 36.3 Å². The van der Waals surface area contributed by atoms with Crippen molar-refractivity contribution in [3.63, 3.8) is 0 Å². The molecule has 1 unspecified atom stereocenters. The van der Waals surface area contributed by atoms with E-state index in [1.54, 1.807) is 13.3 Å². The molecule has 1 N–H and O–H groups in total. The monoisotopic (exact) mass is 286 g/mol. The molecule has 0 radical (unpaired) electrons. The number of methoxy groups -OCH3 is 1. The van der Waals surface area contributed by atoms with E-state index >= 15 is 0 Å². The standard InChI is InChI=1S/C16H18N2O3/c1-21-14-6-2-5-13-12(14)7-8-17-15(13)18-9-3-4-11(10-18)16(19)20/h2,5-8,11H,3-4,9-10H2,1H3,(H,19,20). The minimum Gasteiger partial charge on any atom is -0.496 e. The number of aliphatic carboxylic acids is 1. The molecule has 2 heterocycles. The van der Waals surface area contributed by atoms with Crippen LogP contribution in [0.4, 0.5) is 5.82 Å². The van der Waals surface area contributed by atoms with Gasteiger partial charge in [-0.25, -0.2) is 4.98 Å². The molecular weight excluding hydrogens is 268 g/mol. The van der Waals surface area contributed by atoms with Crippen molar-refractivity contribution in [2.75, 3.05) is 25.1 Å². The van der Waals surface area contributed by atoms with Crippen molar-refractivity contribution in [1.82, 2.24) is 4.98 Å². The molecule has 1 fully saturated rings. The number of benzene rings is 1. The van der Waals surface area contributed by atoms with Crippen molar-refractivity contribution in [3.05, 3.63) is 30.5 Å². The van der Waals surface area contributed by atoms with E-state index in [9.17, 15) is 9.90 Å².